The van der Waals surface area contributed by atoms with Crippen molar-refractivity contribution in [2.45, 2.75) is 34.1 Å². The molecule has 1 aromatic carbocycles. The van der Waals surface area contributed by atoms with E-state index in [4.69, 9.17) is 16.3 Å². The first-order valence-electron chi connectivity index (χ1n) is 5.40. The van der Waals surface area contributed by atoms with Gasteiger partial charge in [-0.1, -0.05) is 25.4 Å². The highest BCUT2D eigenvalue weighted by molar-refractivity contribution is 6.32. The van der Waals surface area contributed by atoms with Gasteiger partial charge in [-0.05, 0) is 49.4 Å². The summed E-state index contributed by atoms with van der Waals surface area (Å²) in [4.78, 5) is 0. The van der Waals surface area contributed by atoms with Gasteiger partial charge >= 0.3 is 0 Å². The van der Waals surface area contributed by atoms with Crippen LogP contribution in [0, 0.1) is 19.8 Å². The van der Waals surface area contributed by atoms with Crippen LogP contribution >= 0.6 is 11.6 Å². The zero-order valence-corrected chi connectivity index (χ0v) is 10.7. The molecule has 0 N–H and O–H groups in total. The van der Waals surface area contributed by atoms with E-state index in [9.17, 15) is 0 Å². The predicted octanol–water partition coefficient (Wildman–Crippen LogP) is 4.38. The van der Waals surface area contributed by atoms with Gasteiger partial charge < -0.3 is 4.74 Å². The molecule has 0 fully saturated rings. The van der Waals surface area contributed by atoms with Crippen molar-refractivity contribution in [3.8, 4) is 5.75 Å². The Morgan fingerprint density at radius 3 is 2.20 bits per heavy atom. The van der Waals surface area contributed by atoms with E-state index >= 15 is 0 Å². The van der Waals surface area contributed by atoms with Crippen LogP contribution in [0.1, 0.15) is 31.4 Å². The average molecular weight is 227 g/mol. The summed E-state index contributed by atoms with van der Waals surface area (Å²) in [6.45, 7) is 9.18. The topological polar surface area (TPSA) is 9.23 Å². The maximum atomic E-state index is 6.08. The second-order valence-corrected chi connectivity index (χ2v) is 4.78. The van der Waals surface area contributed by atoms with Crippen LogP contribution < -0.4 is 4.74 Å². The Hall–Kier alpha value is -0.690. The smallest absolute Gasteiger partial charge is 0.119 e. The van der Waals surface area contributed by atoms with E-state index in [1.165, 1.54) is 0 Å². The Kier molecular flexibility index (Phi) is 4.46. The molecule has 0 saturated heterocycles. The van der Waals surface area contributed by atoms with Crippen molar-refractivity contribution in [3.05, 3.63) is 28.3 Å². The lowest BCUT2D eigenvalue weighted by molar-refractivity contribution is 0.289. The van der Waals surface area contributed by atoms with Crippen LogP contribution in [-0.4, -0.2) is 6.61 Å². The lowest BCUT2D eigenvalue weighted by Gasteiger charge is -2.10. The van der Waals surface area contributed by atoms with Gasteiger partial charge in [0, 0.05) is 5.02 Å². The van der Waals surface area contributed by atoms with Gasteiger partial charge in [-0.25, -0.2) is 0 Å². The first-order valence-corrected chi connectivity index (χ1v) is 5.78. The normalized spacial score (nSPS) is 10.8. The summed E-state index contributed by atoms with van der Waals surface area (Å²) in [7, 11) is 0. The minimum absolute atomic E-state index is 0.680. The summed E-state index contributed by atoms with van der Waals surface area (Å²) in [5, 5.41) is 0.839. The van der Waals surface area contributed by atoms with Crippen molar-refractivity contribution in [2.75, 3.05) is 6.61 Å². The Morgan fingerprint density at radius 2 is 1.73 bits per heavy atom. The second kappa shape index (κ2) is 5.41. The Morgan fingerprint density at radius 1 is 1.20 bits per heavy atom. The Bertz CT molecular complexity index is 308. The van der Waals surface area contributed by atoms with E-state index in [0.29, 0.717) is 5.92 Å². The van der Waals surface area contributed by atoms with Crippen molar-refractivity contribution in [3.63, 3.8) is 0 Å². The molecule has 0 saturated carbocycles. The van der Waals surface area contributed by atoms with E-state index in [1.54, 1.807) is 0 Å². The Labute approximate surface area is 97.4 Å². The summed E-state index contributed by atoms with van der Waals surface area (Å²) in [5.41, 5.74) is 2.16. The fraction of sp³-hybridized carbons (Fsp3) is 0.538. The lowest BCUT2D eigenvalue weighted by Crippen LogP contribution is -2.01. The monoisotopic (exact) mass is 226 g/mol. The zero-order chi connectivity index (χ0) is 11.4. The van der Waals surface area contributed by atoms with Gasteiger partial charge in [0.25, 0.3) is 0 Å². The second-order valence-electron chi connectivity index (χ2n) is 4.40. The lowest BCUT2D eigenvalue weighted by atomic mass is 10.1. The molecule has 0 aliphatic rings. The van der Waals surface area contributed by atoms with E-state index < -0.39 is 0 Å². The molecule has 1 aromatic rings. The molecule has 0 aliphatic carbocycles. The first-order chi connectivity index (χ1) is 7.00. The summed E-state index contributed by atoms with van der Waals surface area (Å²) in [6, 6.07) is 3.99. The van der Waals surface area contributed by atoms with Crippen LogP contribution in [0.3, 0.4) is 0 Å². The molecule has 0 amide bonds. The quantitative estimate of drug-likeness (QED) is 0.740. The molecule has 0 spiro atoms. The van der Waals surface area contributed by atoms with Gasteiger partial charge in [0.2, 0.25) is 0 Å². The number of benzene rings is 1. The van der Waals surface area contributed by atoms with Crippen LogP contribution in [0.15, 0.2) is 12.1 Å². The molecule has 0 heterocycles. The SMILES string of the molecule is Cc1cc(OCCC(C)C)cc(C)c1Cl. The minimum Gasteiger partial charge on any atom is -0.494 e. The van der Waals surface area contributed by atoms with Crippen molar-refractivity contribution in [1.29, 1.82) is 0 Å². The van der Waals surface area contributed by atoms with Gasteiger partial charge in [0.15, 0.2) is 0 Å². The average Bonchev–Trinajstić information content (AvgIpc) is 2.13. The van der Waals surface area contributed by atoms with Crippen molar-refractivity contribution in [2.24, 2.45) is 5.92 Å². The number of hydrogen-bond acceptors (Lipinski definition) is 1. The van der Waals surface area contributed by atoms with Crippen LogP contribution in [0.2, 0.25) is 5.02 Å². The fourth-order valence-electron chi connectivity index (χ4n) is 1.40. The van der Waals surface area contributed by atoms with E-state index in [-0.39, 0.29) is 0 Å². The van der Waals surface area contributed by atoms with Crippen LogP contribution in [-0.2, 0) is 0 Å². The molecule has 1 nitrogen and oxygen atoms in total. The predicted molar refractivity (Wildman–Crippen MR) is 65.9 cm³/mol. The summed E-state index contributed by atoms with van der Waals surface area (Å²) < 4.78 is 5.67. The van der Waals surface area contributed by atoms with Gasteiger partial charge in [-0.2, -0.15) is 0 Å². The third kappa shape index (κ3) is 3.75. The highest BCUT2D eigenvalue weighted by atomic mass is 35.5. The molecule has 2 heteroatoms. The zero-order valence-electron chi connectivity index (χ0n) is 9.93. The molecular weight excluding hydrogens is 208 g/mol. The molecule has 0 atom stereocenters. The van der Waals surface area contributed by atoms with E-state index in [2.05, 4.69) is 13.8 Å². The molecule has 0 aliphatic heterocycles. The van der Waals surface area contributed by atoms with Crippen LogP contribution in [0.5, 0.6) is 5.75 Å². The molecule has 0 unspecified atom stereocenters. The number of aryl methyl sites for hydroxylation is 2. The van der Waals surface area contributed by atoms with Crippen molar-refractivity contribution in [1.82, 2.24) is 0 Å². The summed E-state index contributed by atoms with van der Waals surface area (Å²) >= 11 is 6.08. The highest BCUT2D eigenvalue weighted by Crippen LogP contribution is 2.25. The number of rotatable bonds is 4. The van der Waals surface area contributed by atoms with Gasteiger partial charge in [0.1, 0.15) is 5.75 Å². The number of hydrogen-bond donors (Lipinski definition) is 0. The van der Waals surface area contributed by atoms with Crippen LogP contribution in [0.4, 0.5) is 0 Å². The molecule has 0 radical (unpaired) electrons. The maximum Gasteiger partial charge on any atom is 0.119 e. The Balaban J connectivity index is 2.63. The number of ether oxygens (including phenoxy) is 1. The fourth-order valence-corrected chi connectivity index (χ4v) is 1.51. The van der Waals surface area contributed by atoms with Crippen molar-refractivity contribution >= 4 is 11.6 Å². The highest BCUT2D eigenvalue weighted by Gasteiger charge is 2.03. The third-order valence-corrected chi connectivity index (χ3v) is 2.97. The largest absolute Gasteiger partial charge is 0.494 e. The third-order valence-electron chi connectivity index (χ3n) is 2.37. The molecule has 1 rings (SSSR count). The van der Waals surface area contributed by atoms with Gasteiger partial charge in [-0.3, -0.25) is 0 Å². The maximum absolute atomic E-state index is 6.08. The molecule has 0 aromatic heterocycles. The van der Waals surface area contributed by atoms with E-state index in [1.807, 2.05) is 26.0 Å². The minimum atomic E-state index is 0.680. The first kappa shape index (κ1) is 12.4. The molecule has 84 valence electrons. The van der Waals surface area contributed by atoms with Gasteiger partial charge in [-0.15, -0.1) is 0 Å². The summed E-state index contributed by atoms with van der Waals surface area (Å²) in [5.74, 6) is 1.61. The molecule has 0 bridgehead atoms. The molecule has 15 heavy (non-hydrogen) atoms. The number of halogens is 1. The molecular formula is C13H19ClO. The van der Waals surface area contributed by atoms with Gasteiger partial charge in [0.05, 0.1) is 6.61 Å². The summed E-state index contributed by atoms with van der Waals surface area (Å²) in [6.07, 6.45) is 1.08. The standard InChI is InChI=1S/C13H19ClO/c1-9(2)5-6-15-12-7-10(3)13(14)11(4)8-12/h7-9H,5-6H2,1-4H3. The van der Waals surface area contributed by atoms with Crippen molar-refractivity contribution < 1.29 is 4.74 Å². The van der Waals surface area contributed by atoms with Crippen LogP contribution in [0.25, 0.3) is 0 Å². The van der Waals surface area contributed by atoms with E-state index in [0.717, 1.165) is 34.9 Å².